The van der Waals surface area contributed by atoms with Crippen LogP contribution in [0.5, 0.6) is 5.75 Å². The van der Waals surface area contributed by atoms with Crippen LogP contribution in [0.4, 0.5) is 17.2 Å². The lowest BCUT2D eigenvalue weighted by atomic mass is 10.1. The molecule has 1 amide bonds. The summed E-state index contributed by atoms with van der Waals surface area (Å²) in [6.07, 6.45) is 2.43. The molecule has 2 aliphatic rings. The molecule has 2 aliphatic heterocycles. The molecule has 3 heterocycles. The van der Waals surface area contributed by atoms with Gasteiger partial charge in [-0.05, 0) is 24.6 Å². The Labute approximate surface area is 180 Å². The first kappa shape index (κ1) is 19.7. The molecule has 2 aromatic carbocycles. The Kier molecular flexibility index (Phi) is 5.64. The summed E-state index contributed by atoms with van der Waals surface area (Å²) in [5.74, 6) is 1.36. The van der Waals surface area contributed by atoms with E-state index in [1.807, 2.05) is 47.4 Å². The van der Waals surface area contributed by atoms with E-state index in [1.54, 1.807) is 0 Å². The Bertz CT molecular complexity index is 1070. The Hall–Kier alpha value is -3.23. The summed E-state index contributed by atoms with van der Waals surface area (Å²) in [4.78, 5) is 25.7. The molecular weight excluding hydrogens is 394 g/mol. The molecule has 0 aliphatic carbocycles. The summed E-state index contributed by atoms with van der Waals surface area (Å²) in [5.41, 5.74) is 2.49. The van der Waals surface area contributed by atoms with E-state index < -0.39 is 0 Å². The van der Waals surface area contributed by atoms with Crippen molar-refractivity contribution in [2.24, 2.45) is 0 Å². The Balaban J connectivity index is 1.41. The first-order valence-electron chi connectivity index (χ1n) is 10.6. The van der Waals surface area contributed by atoms with Crippen molar-refractivity contribution in [2.75, 3.05) is 56.2 Å². The van der Waals surface area contributed by atoms with Gasteiger partial charge in [-0.2, -0.15) is 0 Å². The van der Waals surface area contributed by atoms with Gasteiger partial charge in [0.15, 0.2) is 6.61 Å². The summed E-state index contributed by atoms with van der Waals surface area (Å²) in [6.45, 7) is 5.10. The second-order valence-corrected chi connectivity index (χ2v) is 7.69. The third-order valence-electron chi connectivity index (χ3n) is 5.66. The number of benzene rings is 2. The number of carbonyl (C=O) groups is 1. The molecule has 1 aromatic heterocycles. The van der Waals surface area contributed by atoms with Gasteiger partial charge in [0.1, 0.15) is 17.9 Å². The number of rotatable bonds is 6. The maximum Gasteiger partial charge on any atom is 0.265 e. The molecule has 8 nitrogen and oxygen atoms in total. The molecule has 0 bridgehead atoms. The van der Waals surface area contributed by atoms with Crippen molar-refractivity contribution in [1.82, 2.24) is 14.9 Å². The fraction of sp³-hybridized carbons (Fsp3) is 0.348. The van der Waals surface area contributed by atoms with Crippen LogP contribution in [-0.2, 0) is 9.53 Å². The fourth-order valence-electron chi connectivity index (χ4n) is 4.03. The maximum atomic E-state index is 12.7. The minimum Gasteiger partial charge on any atom is -0.481 e. The lowest BCUT2D eigenvalue weighted by molar-refractivity contribution is -0.121. The lowest BCUT2D eigenvalue weighted by Gasteiger charge is -2.31. The number of hydrogen-bond acceptors (Lipinski definition) is 7. The Morgan fingerprint density at radius 1 is 1.03 bits per heavy atom. The smallest absolute Gasteiger partial charge is 0.265 e. The van der Waals surface area contributed by atoms with Gasteiger partial charge >= 0.3 is 0 Å². The largest absolute Gasteiger partial charge is 0.481 e. The number of hydrogen-bond donors (Lipinski definition) is 1. The van der Waals surface area contributed by atoms with Crippen LogP contribution in [0.2, 0.25) is 0 Å². The molecule has 5 rings (SSSR count). The van der Waals surface area contributed by atoms with Crippen LogP contribution in [0.15, 0.2) is 48.8 Å². The van der Waals surface area contributed by atoms with Crippen molar-refractivity contribution < 1.29 is 14.3 Å². The van der Waals surface area contributed by atoms with Gasteiger partial charge in [-0.25, -0.2) is 9.97 Å². The fourth-order valence-corrected chi connectivity index (χ4v) is 4.03. The molecular formula is C23H25N5O3. The van der Waals surface area contributed by atoms with Gasteiger partial charge in [0.2, 0.25) is 0 Å². The number of anilines is 3. The number of nitrogens with zero attached hydrogens (tertiary/aromatic N) is 4. The molecule has 160 valence electrons. The predicted octanol–water partition coefficient (Wildman–Crippen LogP) is 2.82. The SMILES string of the molecule is O=C1COc2cc3ncnc(Nc4ccccc4)c3cc2N1CCCN1CCOCC1. The van der Waals surface area contributed by atoms with Crippen molar-refractivity contribution in [3.05, 3.63) is 48.8 Å². The summed E-state index contributed by atoms with van der Waals surface area (Å²) in [5, 5.41) is 4.20. The molecule has 0 spiro atoms. The van der Waals surface area contributed by atoms with Crippen molar-refractivity contribution >= 4 is 34.0 Å². The first-order chi connectivity index (χ1) is 15.3. The third-order valence-corrected chi connectivity index (χ3v) is 5.66. The van der Waals surface area contributed by atoms with Crippen molar-refractivity contribution in [3.63, 3.8) is 0 Å². The van der Waals surface area contributed by atoms with E-state index in [0.717, 1.165) is 61.5 Å². The van der Waals surface area contributed by atoms with E-state index in [0.29, 0.717) is 18.1 Å². The number of para-hydroxylation sites is 1. The monoisotopic (exact) mass is 419 g/mol. The molecule has 0 unspecified atom stereocenters. The highest BCUT2D eigenvalue weighted by Gasteiger charge is 2.27. The van der Waals surface area contributed by atoms with Crippen LogP contribution in [0.1, 0.15) is 6.42 Å². The lowest BCUT2D eigenvalue weighted by Crippen LogP contribution is -2.42. The number of ether oxygens (including phenoxy) is 2. The van der Waals surface area contributed by atoms with Gasteiger partial charge in [-0.15, -0.1) is 0 Å². The van der Waals surface area contributed by atoms with Crippen LogP contribution < -0.4 is 15.0 Å². The van der Waals surface area contributed by atoms with Gasteiger partial charge in [0.05, 0.1) is 24.4 Å². The molecule has 31 heavy (non-hydrogen) atoms. The zero-order valence-electron chi connectivity index (χ0n) is 17.3. The summed E-state index contributed by atoms with van der Waals surface area (Å²) < 4.78 is 11.1. The summed E-state index contributed by atoms with van der Waals surface area (Å²) in [7, 11) is 0. The normalized spacial score (nSPS) is 16.8. The zero-order chi connectivity index (χ0) is 21.0. The maximum absolute atomic E-state index is 12.7. The number of morpholine rings is 1. The van der Waals surface area contributed by atoms with Gasteiger partial charge in [0, 0.05) is 43.3 Å². The van der Waals surface area contributed by atoms with Gasteiger partial charge in [-0.3, -0.25) is 9.69 Å². The molecule has 0 radical (unpaired) electrons. The highest BCUT2D eigenvalue weighted by atomic mass is 16.5. The van der Waals surface area contributed by atoms with Crippen molar-refractivity contribution in [3.8, 4) is 5.75 Å². The summed E-state index contributed by atoms with van der Waals surface area (Å²) in [6, 6.07) is 13.7. The minimum atomic E-state index is -0.0248. The number of carbonyl (C=O) groups excluding carboxylic acids is 1. The molecule has 8 heteroatoms. The Morgan fingerprint density at radius 3 is 2.71 bits per heavy atom. The van der Waals surface area contributed by atoms with E-state index in [9.17, 15) is 4.79 Å². The van der Waals surface area contributed by atoms with E-state index in [2.05, 4.69) is 20.2 Å². The number of fused-ring (bicyclic) bond motifs is 2. The average molecular weight is 419 g/mol. The minimum absolute atomic E-state index is 0.0248. The standard InChI is InChI=1S/C23H25N5O3/c29-22-15-31-21-14-19-18(23(25-16-24-19)26-17-5-2-1-3-6-17)13-20(21)28(22)8-4-7-27-9-11-30-12-10-27/h1-3,5-6,13-14,16H,4,7-12,15H2,(H,24,25,26). The van der Waals surface area contributed by atoms with Gasteiger partial charge < -0.3 is 19.7 Å². The molecule has 1 N–H and O–H groups in total. The number of aromatic nitrogens is 2. The van der Waals surface area contributed by atoms with Crippen LogP contribution in [0.3, 0.4) is 0 Å². The van der Waals surface area contributed by atoms with E-state index >= 15 is 0 Å². The molecule has 0 atom stereocenters. The van der Waals surface area contributed by atoms with Crippen LogP contribution >= 0.6 is 0 Å². The topological polar surface area (TPSA) is 79.8 Å². The van der Waals surface area contributed by atoms with E-state index in [-0.39, 0.29) is 12.5 Å². The van der Waals surface area contributed by atoms with Gasteiger partial charge in [-0.1, -0.05) is 18.2 Å². The highest BCUT2D eigenvalue weighted by Crippen LogP contribution is 2.37. The Morgan fingerprint density at radius 2 is 1.87 bits per heavy atom. The molecule has 3 aromatic rings. The number of amides is 1. The summed E-state index contributed by atoms with van der Waals surface area (Å²) >= 11 is 0. The molecule has 0 saturated carbocycles. The quantitative estimate of drug-likeness (QED) is 0.658. The van der Waals surface area contributed by atoms with Crippen molar-refractivity contribution in [1.29, 1.82) is 0 Å². The number of nitrogens with one attached hydrogen (secondary N) is 1. The zero-order valence-corrected chi connectivity index (χ0v) is 17.3. The van der Waals surface area contributed by atoms with E-state index in [1.165, 1.54) is 6.33 Å². The average Bonchev–Trinajstić information content (AvgIpc) is 2.81. The van der Waals surface area contributed by atoms with Crippen LogP contribution in [-0.4, -0.2) is 66.8 Å². The molecule has 1 fully saturated rings. The van der Waals surface area contributed by atoms with E-state index in [4.69, 9.17) is 9.47 Å². The predicted molar refractivity (Wildman–Crippen MR) is 119 cm³/mol. The third kappa shape index (κ3) is 4.30. The van der Waals surface area contributed by atoms with Gasteiger partial charge in [0.25, 0.3) is 5.91 Å². The second kappa shape index (κ2) is 8.87. The van der Waals surface area contributed by atoms with Crippen LogP contribution in [0, 0.1) is 0 Å². The highest BCUT2D eigenvalue weighted by molar-refractivity contribution is 6.03. The van der Waals surface area contributed by atoms with Crippen LogP contribution in [0.25, 0.3) is 10.9 Å². The first-order valence-corrected chi connectivity index (χ1v) is 10.6. The molecule has 1 saturated heterocycles. The second-order valence-electron chi connectivity index (χ2n) is 7.69. The van der Waals surface area contributed by atoms with Crippen molar-refractivity contribution in [2.45, 2.75) is 6.42 Å².